The monoisotopic (exact) mass is 235 g/mol. The van der Waals surface area contributed by atoms with Gasteiger partial charge in [0.25, 0.3) is 0 Å². The van der Waals surface area contributed by atoms with Crippen LogP contribution in [0.15, 0.2) is 24.3 Å². The lowest BCUT2D eigenvalue weighted by molar-refractivity contribution is 0.373. The van der Waals surface area contributed by atoms with Crippen LogP contribution in [0.1, 0.15) is 37.7 Å². The highest BCUT2D eigenvalue weighted by Crippen LogP contribution is 2.27. The van der Waals surface area contributed by atoms with E-state index < -0.39 is 0 Å². The first-order chi connectivity index (χ1) is 8.17. The SMILES string of the molecule is CCCC(CCN(C)C)c1cccc(OC)c1. The van der Waals surface area contributed by atoms with Crippen molar-refractivity contribution < 1.29 is 4.74 Å². The first-order valence-electron chi connectivity index (χ1n) is 6.46. The van der Waals surface area contributed by atoms with E-state index in [0.29, 0.717) is 5.92 Å². The molecule has 0 spiro atoms. The fourth-order valence-corrected chi connectivity index (χ4v) is 2.14. The standard InChI is InChI=1S/C15H25NO/c1-5-7-13(10-11-16(2)3)14-8-6-9-15(12-14)17-4/h6,8-9,12-13H,5,7,10-11H2,1-4H3. The highest BCUT2D eigenvalue weighted by Gasteiger charge is 2.11. The summed E-state index contributed by atoms with van der Waals surface area (Å²) in [4.78, 5) is 2.25. The van der Waals surface area contributed by atoms with Crippen molar-refractivity contribution in [2.75, 3.05) is 27.7 Å². The Morgan fingerprint density at radius 3 is 2.59 bits per heavy atom. The summed E-state index contributed by atoms with van der Waals surface area (Å²) in [5.41, 5.74) is 1.41. The van der Waals surface area contributed by atoms with Crippen molar-refractivity contribution in [3.63, 3.8) is 0 Å². The molecule has 0 fully saturated rings. The van der Waals surface area contributed by atoms with Crippen molar-refractivity contribution >= 4 is 0 Å². The highest BCUT2D eigenvalue weighted by atomic mass is 16.5. The number of methoxy groups -OCH3 is 1. The van der Waals surface area contributed by atoms with Crippen LogP contribution < -0.4 is 4.74 Å². The molecule has 96 valence electrons. The third kappa shape index (κ3) is 4.78. The molecule has 0 aromatic heterocycles. The van der Waals surface area contributed by atoms with Crippen molar-refractivity contribution in [2.45, 2.75) is 32.1 Å². The van der Waals surface area contributed by atoms with Crippen molar-refractivity contribution in [1.82, 2.24) is 4.90 Å². The minimum absolute atomic E-state index is 0.650. The molecule has 0 bridgehead atoms. The van der Waals surface area contributed by atoms with E-state index in [1.165, 1.54) is 24.8 Å². The van der Waals surface area contributed by atoms with Gasteiger partial charge in [0.2, 0.25) is 0 Å². The molecule has 1 aromatic carbocycles. The number of rotatable bonds is 7. The van der Waals surface area contributed by atoms with E-state index in [4.69, 9.17) is 4.74 Å². The van der Waals surface area contributed by atoms with Gasteiger partial charge in [0.05, 0.1) is 7.11 Å². The number of benzene rings is 1. The van der Waals surface area contributed by atoms with Gasteiger partial charge in [-0.2, -0.15) is 0 Å². The summed E-state index contributed by atoms with van der Waals surface area (Å²) < 4.78 is 5.30. The molecular weight excluding hydrogens is 210 g/mol. The van der Waals surface area contributed by atoms with Crippen molar-refractivity contribution in [2.24, 2.45) is 0 Å². The quantitative estimate of drug-likeness (QED) is 0.717. The zero-order valence-corrected chi connectivity index (χ0v) is 11.6. The van der Waals surface area contributed by atoms with E-state index >= 15 is 0 Å². The van der Waals surface area contributed by atoms with E-state index in [0.717, 1.165) is 12.3 Å². The van der Waals surface area contributed by atoms with Crippen LogP contribution in [-0.2, 0) is 0 Å². The predicted octanol–water partition coefficient (Wildman–Crippen LogP) is 3.53. The normalized spacial score (nSPS) is 12.8. The average Bonchev–Trinajstić information content (AvgIpc) is 2.34. The Balaban J connectivity index is 2.73. The maximum Gasteiger partial charge on any atom is 0.119 e. The van der Waals surface area contributed by atoms with E-state index in [2.05, 4.69) is 44.1 Å². The molecule has 0 saturated carbocycles. The van der Waals surface area contributed by atoms with Crippen molar-refractivity contribution in [1.29, 1.82) is 0 Å². The van der Waals surface area contributed by atoms with E-state index in [-0.39, 0.29) is 0 Å². The van der Waals surface area contributed by atoms with E-state index in [9.17, 15) is 0 Å². The Morgan fingerprint density at radius 1 is 1.24 bits per heavy atom. The number of hydrogen-bond acceptors (Lipinski definition) is 2. The number of hydrogen-bond donors (Lipinski definition) is 0. The first-order valence-corrected chi connectivity index (χ1v) is 6.46. The molecule has 0 aliphatic heterocycles. The van der Waals surface area contributed by atoms with Gasteiger partial charge < -0.3 is 9.64 Å². The Labute approximate surface area is 106 Å². The van der Waals surface area contributed by atoms with Crippen LogP contribution >= 0.6 is 0 Å². The molecule has 0 aliphatic carbocycles. The molecule has 2 nitrogen and oxygen atoms in total. The fraction of sp³-hybridized carbons (Fsp3) is 0.600. The predicted molar refractivity (Wildman–Crippen MR) is 73.8 cm³/mol. The van der Waals surface area contributed by atoms with Crippen LogP contribution in [0.5, 0.6) is 5.75 Å². The summed E-state index contributed by atoms with van der Waals surface area (Å²) in [5.74, 6) is 1.62. The Morgan fingerprint density at radius 2 is 2.00 bits per heavy atom. The minimum Gasteiger partial charge on any atom is -0.497 e. The average molecular weight is 235 g/mol. The molecule has 17 heavy (non-hydrogen) atoms. The van der Waals surface area contributed by atoms with Gasteiger partial charge in [0, 0.05) is 0 Å². The lowest BCUT2D eigenvalue weighted by Gasteiger charge is -2.19. The maximum atomic E-state index is 5.30. The van der Waals surface area contributed by atoms with Gasteiger partial charge in [-0.1, -0.05) is 25.5 Å². The maximum absolute atomic E-state index is 5.30. The minimum atomic E-state index is 0.650. The second-order valence-corrected chi connectivity index (χ2v) is 4.85. The number of nitrogens with zero attached hydrogens (tertiary/aromatic N) is 1. The molecule has 1 aromatic rings. The first kappa shape index (κ1) is 14.0. The molecule has 2 heteroatoms. The highest BCUT2D eigenvalue weighted by molar-refractivity contribution is 5.30. The van der Waals surface area contributed by atoms with Crippen molar-refractivity contribution in [3.8, 4) is 5.75 Å². The molecule has 0 amide bonds. The lowest BCUT2D eigenvalue weighted by Crippen LogP contribution is -2.16. The second kappa shape index (κ2) is 7.33. The topological polar surface area (TPSA) is 12.5 Å². The van der Waals surface area contributed by atoms with Gasteiger partial charge in [-0.05, 0) is 57.1 Å². The summed E-state index contributed by atoms with van der Waals surface area (Å²) in [5, 5.41) is 0. The smallest absolute Gasteiger partial charge is 0.119 e. The largest absolute Gasteiger partial charge is 0.497 e. The van der Waals surface area contributed by atoms with Gasteiger partial charge in [0.1, 0.15) is 5.75 Å². The molecule has 1 unspecified atom stereocenters. The van der Waals surface area contributed by atoms with Gasteiger partial charge >= 0.3 is 0 Å². The fourth-order valence-electron chi connectivity index (χ4n) is 2.14. The Kier molecular flexibility index (Phi) is 6.06. The Bertz CT molecular complexity index is 322. The summed E-state index contributed by atoms with van der Waals surface area (Å²) in [6.07, 6.45) is 3.70. The molecule has 0 aliphatic rings. The molecule has 0 radical (unpaired) electrons. The van der Waals surface area contributed by atoms with Crippen LogP contribution in [0.2, 0.25) is 0 Å². The van der Waals surface area contributed by atoms with Gasteiger partial charge in [-0.15, -0.1) is 0 Å². The third-order valence-electron chi connectivity index (χ3n) is 3.13. The molecule has 1 rings (SSSR count). The second-order valence-electron chi connectivity index (χ2n) is 4.85. The third-order valence-corrected chi connectivity index (χ3v) is 3.13. The molecule has 0 saturated heterocycles. The van der Waals surface area contributed by atoms with Crippen LogP contribution in [0.4, 0.5) is 0 Å². The van der Waals surface area contributed by atoms with Crippen LogP contribution in [0.3, 0.4) is 0 Å². The number of ether oxygens (including phenoxy) is 1. The van der Waals surface area contributed by atoms with Crippen LogP contribution in [0.25, 0.3) is 0 Å². The summed E-state index contributed by atoms with van der Waals surface area (Å²) >= 11 is 0. The van der Waals surface area contributed by atoms with E-state index in [1.54, 1.807) is 7.11 Å². The van der Waals surface area contributed by atoms with Gasteiger partial charge in [0.15, 0.2) is 0 Å². The zero-order chi connectivity index (χ0) is 12.7. The summed E-state index contributed by atoms with van der Waals surface area (Å²) in [6.45, 7) is 3.39. The summed E-state index contributed by atoms with van der Waals surface area (Å²) in [7, 11) is 6.00. The van der Waals surface area contributed by atoms with Gasteiger partial charge in [-0.3, -0.25) is 0 Å². The molecular formula is C15H25NO. The van der Waals surface area contributed by atoms with Crippen LogP contribution in [0, 0.1) is 0 Å². The lowest BCUT2D eigenvalue weighted by atomic mass is 9.91. The Hall–Kier alpha value is -1.02. The molecule has 0 heterocycles. The van der Waals surface area contributed by atoms with Crippen LogP contribution in [-0.4, -0.2) is 32.6 Å². The van der Waals surface area contributed by atoms with E-state index in [1.807, 2.05) is 6.07 Å². The molecule has 0 N–H and O–H groups in total. The van der Waals surface area contributed by atoms with Crippen molar-refractivity contribution in [3.05, 3.63) is 29.8 Å². The summed E-state index contributed by atoms with van der Waals surface area (Å²) in [6, 6.07) is 8.50. The molecule has 1 atom stereocenters. The zero-order valence-electron chi connectivity index (χ0n) is 11.6. The van der Waals surface area contributed by atoms with Gasteiger partial charge in [-0.25, -0.2) is 0 Å².